The van der Waals surface area contributed by atoms with Crippen molar-refractivity contribution in [3.05, 3.63) is 48.5 Å². The number of nitrogens with zero attached hydrogens (tertiary/aromatic N) is 2. The van der Waals surface area contributed by atoms with E-state index in [-0.39, 0.29) is 6.61 Å². The van der Waals surface area contributed by atoms with Crippen LogP contribution in [0.5, 0.6) is 0 Å². The topological polar surface area (TPSA) is 115 Å². The molecule has 2 aromatic heterocycles. The van der Waals surface area contributed by atoms with E-state index in [4.69, 9.17) is 14.9 Å². The third-order valence-corrected chi connectivity index (χ3v) is 4.36. The zero-order valence-electron chi connectivity index (χ0n) is 12.7. The normalized spacial score (nSPS) is 27.0. The van der Waals surface area contributed by atoms with Gasteiger partial charge in [0.15, 0.2) is 5.58 Å². The molecule has 4 atom stereocenters. The van der Waals surface area contributed by atoms with Crippen molar-refractivity contribution >= 4 is 11.1 Å². The quantitative estimate of drug-likeness (QED) is 0.657. The van der Waals surface area contributed by atoms with Gasteiger partial charge in [-0.2, -0.15) is 0 Å². The molecule has 0 radical (unpaired) electrons. The average Bonchev–Trinajstić information content (AvgIpc) is 3.17. The molecule has 24 heavy (non-hydrogen) atoms. The molecule has 7 nitrogen and oxygen atoms in total. The first-order valence-corrected chi connectivity index (χ1v) is 7.68. The van der Waals surface area contributed by atoms with Crippen molar-refractivity contribution in [2.45, 2.75) is 24.4 Å². The van der Waals surface area contributed by atoms with Crippen LogP contribution in [0, 0.1) is 0 Å². The van der Waals surface area contributed by atoms with Gasteiger partial charge in [-0.15, -0.1) is 0 Å². The summed E-state index contributed by atoms with van der Waals surface area (Å²) >= 11 is 0. The Labute approximate surface area is 137 Å². The highest BCUT2D eigenvalue weighted by atomic mass is 16.5. The molecule has 7 heteroatoms. The summed E-state index contributed by atoms with van der Waals surface area (Å²) in [6.45, 7) is -0.300. The minimum atomic E-state index is -0.944. The monoisotopic (exact) mass is 327 g/mol. The summed E-state index contributed by atoms with van der Waals surface area (Å²) in [5.74, 6) is 0. The lowest BCUT2D eigenvalue weighted by atomic mass is 10.0. The van der Waals surface area contributed by atoms with E-state index in [0.717, 1.165) is 5.56 Å². The molecule has 124 valence electrons. The van der Waals surface area contributed by atoms with E-state index in [1.165, 1.54) is 12.6 Å². The van der Waals surface area contributed by atoms with Crippen molar-refractivity contribution in [3.8, 4) is 11.3 Å². The van der Waals surface area contributed by atoms with Crippen LogP contribution in [0.1, 0.15) is 11.7 Å². The molecule has 4 N–H and O–H groups in total. The number of rotatable bonds is 3. The molecule has 1 fully saturated rings. The van der Waals surface area contributed by atoms with E-state index in [1.807, 2.05) is 30.3 Å². The molecule has 3 aromatic rings. The van der Waals surface area contributed by atoms with Crippen LogP contribution >= 0.6 is 0 Å². The first-order valence-electron chi connectivity index (χ1n) is 7.68. The molecule has 0 amide bonds. The Kier molecular flexibility index (Phi) is 3.78. The van der Waals surface area contributed by atoms with Crippen molar-refractivity contribution in [2.24, 2.45) is 5.73 Å². The van der Waals surface area contributed by atoms with Gasteiger partial charge < -0.3 is 25.1 Å². The zero-order chi connectivity index (χ0) is 16.7. The number of benzene rings is 1. The Bertz CT molecular complexity index is 851. The Morgan fingerprint density at radius 1 is 1.17 bits per heavy atom. The fraction of sp³-hybridized carbons (Fsp3) is 0.294. The predicted octanol–water partition coefficient (Wildman–Crippen LogP) is 1.01. The number of hydrogen-bond donors (Lipinski definition) is 3. The Morgan fingerprint density at radius 2 is 1.96 bits per heavy atom. The molecule has 1 aliphatic rings. The molecule has 1 unspecified atom stereocenters. The van der Waals surface area contributed by atoms with Crippen molar-refractivity contribution < 1.29 is 19.4 Å². The number of ether oxygens (including phenoxy) is 1. The molecule has 0 spiro atoms. The number of aliphatic hydroxyl groups excluding tert-OH is 2. The zero-order valence-corrected chi connectivity index (χ0v) is 12.7. The molecule has 0 bridgehead atoms. The molecular formula is C17H17N3O4. The molecule has 0 aliphatic carbocycles. The number of aliphatic hydroxyl groups is 2. The Morgan fingerprint density at radius 3 is 2.67 bits per heavy atom. The molecule has 1 aromatic carbocycles. The van der Waals surface area contributed by atoms with E-state index in [1.54, 1.807) is 0 Å². The molecule has 0 saturated carbocycles. The minimum Gasteiger partial charge on any atom is -0.460 e. The first kappa shape index (κ1) is 15.2. The SMILES string of the molecule is N[C@H]1C(c2coc3c(-c4ccccc4)ncnc23)O[C@H](CO)[C@H]1O. The lowest BCUT2D eigenvalue weighted by Crippen LogP contribution is -2.38. The second kappa shape index (κ2) is 5.95. The van der Waals surface area contributed by atoms with Crippen LogP contribution in [0.3, 0.4) is 0 Å². The van der Waals surface area contributed by atoms with E-state index < -0.39 is 24.4 Å². The van der Waals surface area contributed by atoms with Gasteiger partial charge in [-0.1, -0.05) is 30.3 Å². The van der Waals surface area contributed by atoms with Crippen LogP contribution in [0.15, 0.2) is 47.3 Å². The summed E-state index contributed by atoms with van der Waals surface area (Å²) in [4.78, 5) is 8.61. The van der Waals surface area contributed by atoms with E-state index in [2.05, 4.69) is 9.97 Å². The minimum absolute atomic E-state index is 0.300. The van der Waals surface area contributed by atoms with Crippen molar-refractivity contribution in [3.63, 3.8) is 0 Å². The lowest BCUT2D eigenvalue weighted by molar-refractivity contribution is -0.0224. The average molecular weight is 327 g/mol. The van der Waals surface area contributed by atoms with Gasteiger partial charge in [0.1, 0.15) is 35.8 Å². The summed E-state index contributed by atoms with van der Waals surface area (Å²) in [7, 11) is 0. The largest absolute Gasteiger partial charge is 0.460 e. The van der Waals surface area contributed by atoms with Gasteiger partial charge in [0.2, 0.25) is 0 Å². The van der Waals surface area contributed by atoms with Gasteiger partial charge in [-0.3, -0.25) is 0 Å². The number of hydrogen-bond acceptors (Lipinski definition) is 7. The van der Waals surface area contributed by atoms with Gasteiger partial charge in [-0.25, -0.2) is 9.97 Å². The van der Waals surface area contributed by atoms with E-state index >= 15 is 0 Å². The standard InChI is InChI=1S/C17H17N3O4/c18-12-15(22)11(6-21)24-16(12)10-7-23-17-13(19-8-20-14(10)17)9-4-2-1-3-5-9/h1-5,7-8,11-12,15-16,21-22H,6,18H2/t11-,12-,15-,16?/m1/s1. The summed E-state index contributed by atoms with van der Waals surface area (Å²) in [5.41, 5.74) is 9.42. The van der Waals surface area contributed by atoms with Crippen LogP contribution in [0.4, 0.5) is 0 Å². The van der Waals surface area contributed by atoms with Crippen molar-refractivity contribution in [2.75, 3.05) is 6.61 Å². The molecule has 4 rings (SSSR count). The van der Waals surface area contributed by atoms with E-state index in [0.29, 0.717) is 22.4 Å². The van der Waals surface area contributed by atoms with Crippen LogP contribution in [-0.2, 0) is 4.74 Å². The van der Waals surface area contributed by atoms with Crippen molar-refractivity contribution in [1.82, 2.24) is 9.97 Å². The third-order valence-electron chi connectivity index (χ3n) is 4.36. The summed E-state index contributed by atoms with van der Waals surface area (Å²) in [5, 5.41) is 19.3. The lowest BCUT2D eigenvalue weighted by Gasteiger charge is -2.13. The predicted molar refractivity (Wildman–Crippen MR) is 85.9 cm³/mol. The van der Waals surface area contributed by atoms with Gasteiger partial charge >= 0.3 is 0 Å². The maximum absolute atomic E-state index is 10.1. The highest BCUT2D eigenvalue weighted by Gasteiger charge is 2.43. The maximum Gasteiger partial charge on any atom is 0.178 e. The fourth-order valence-electron chi connectivity index (χ4n) is 3.09. The summed E-state index contributed by atoms with van der Waals surface area (Å²) in [6, 6.07) is 8.98. The first-order chi connectivity index (χ1) is 11.7. The Hall–Kier alpha value is -2.32. The van der Waals surface area contributed by atoms with Crippen LogP contribution in [0.25, 0.3) is 22.4 Å². The molecule has 1 saturated heterocycles. The van der Waals surface area contributed by atoms with Gasteiger partial charge in [0, 0.05) is 11.1 Å². The molecule has 1 aliphatic heterocycles. The summed E-state index contributed by atoms with van der Waals surface area (Å²) < 4.78 is 11.4. The third kappa shape index (κ3) is 2.30. The van der Waals surface area contributed by atoms with Gasteiger partial charge in [-0.05, 0) is 0 Å². The number of furan rings is 1. The van der Waals surface area contributed by atoms with Crippen LogP contribution in [-0.4, -0.2) is 45.0 Å². The highest BCUT2D eigenvalue weighted by molar-refractivity contribution is 5.89. The van der Waals surface area contributed by atoms with E-state index in [9.17, 15) is 10.2 Å². The molecule has 3 heterocycles. The van der Waals surface area contributed by atoms with Crippen LogP contribution < -0.4 is 5.73 Å². The smallest absolute Gasteiger partial charge is 0.178 e. The van der Waals surface area contributed by atoms with Gasteiger partial charge in [0.25, 0.3) is 0 Å². The molecular weight excluding hydrogens is 310 g/mol. The van der Waals surface area contributed by atoms with Crippen molar-refractivity contribution in [1.29, 1.82) is 0 Å². The highest BCUT2D eigenvalue weighted by Crippen LogP contribution is 2.38. The second-order valence-electron chi connectivity index (χ2n) is 5.80. The second-order valence-corrected chi connectivity index (χ2v) is 5.80. The Balaban J connectivity index is 1.80. The number of nitrogens with two attached hydrogens (primary N) is 1. The van der Waals surface area contributed by atoms with Gasteiger partial charge in [0.05, 0.1) is 18.9 Å². The number of aromatic nitrogens is 2. The fourth-order valence-corrected chi connectivity index (χ4v) is 3.09. The summed E-state index contributed by atoms with van der Waals surface area (Å²) in [6.07, 6.45) is 0.732. The number of fused-ring (bicyclic) bond motifs is 1. The maximum atomic E-state index is 10.1. The van der Waals surface area contributed by atoms with Crippen LogP contribution in [0.2, 0.25) is 0 Å².